The number of carbonyl (C=O) groups excluding carboxylic acids is 2. The van der Waals surface area contributed by atoms with Crippen LogP contribution in [0.3, 0.4) is 0 Å². The molecule has 0 heterocycles. The molecule has 1 amide bonds. The van der Waals surface area contributed by atoms with Crippen LogP contribution < -0.4 is 5.32 Å². The molecule has 6 heteroatoms. The number of phenolic OH excluding ortho intramolecular Hbond substituents is 1. The van der Waals surface area contributed by atoms with E-state index in [4.69, 9.17) is 4.74 Å². The maximum absolute atomic E-state index is 12.2. The quantitative estimate of drug-likeness (QED) is 0.554. The van der Waals surface area contributed by atoms with Gasteiger partial charge in [-0.25, -0.2) is 9.59 Å². The summed E-state index contributed by atoms with van der Waals surface area (Å²) in [5.74, 6) is -0.563. The van der Waals surface area contributed by atoms with Gasteiger partial charge in [0, 0.05) is 18.0 Å². The van der Waals surface area contributed by atoms with E-state index in [9.17, 15) is 14.7 Å². The average Bonchev–Trinajstić information content (AvgIpc) is 3.14. The first kappa shape index (κ1) is 21.2. The van der Waals surface area contributed by atoms with Crippen molar-refractivity contribution >= 4 is 18.1 Å². The van der Waals surface area contributed by atoms with E-state index < -0.39 is 12.1 Å². The minimum absolute atomic E-state index is 0.00830. The summed E-state index contributed by atoms with van der Waals surface area (Å²) in [4.78, 5) is 23.7. The number of rotatable bonds is 6. The Morgan fingerprint density at radius 2 is 1.66 bits per heavy atom. The monoisotopic (exact) mass is 429 g/mol. The standard InChI is InChI=1S/C26H23NO5/c1-31-25(29)18-13-12-17(24(28)15-18)7-6-14-27-26(30)32-16-23-21-10-4-2-8-19(21)20-9-3-5-11-22(20)23/h2-13,15,23,28H,14,16H2,1H3,(H,27,30). The van der Waals surface area contributed by atoms with Gasteiger partial charge in [0.2, 0.25) is 0 Å². The van der Waals surface area contributed by atoms with E-state index in [1.165, 1.54) is 24.3 Å². The van der Waals surface area contributed by atoms with Gasteiger partial charge in [0.05, 0.1) is 12.7 Å². The normalized spacial score (nSPS) is 12.3. The topological polar surface area (TPSA) is 84.9 Å². The molecule has 6 nitrogen and oxygen atoms in total. The molecule has 0 aromatic heterocycles. The molecule has 0 fully saturated rings. The number of benzene rings is 3. The first-order valence-electron chi connectivity index (χ1n) is 10.2. The van der Waals surface area contributed by atoms with Crippen molar-refractivity contribution in [2.24, 2.45) is 0 Å². The SMILES string of the molecule is COC(=O)c1ccc(C=CCNC(=O)OCC2c3ccccc3-c3ccccc32)c(O)c1. The summed E-state index contributed by atoms with van der Waals surface area (Å²) >= 11 is 0. The Bertz CT molecular complexity index is 1140. The maximum Gasteiger partial charge on any atom is 0.407 e. The number of carbonyl (C=O) groups is 2. The first-order valence-corrected chi connectivity index (χ1v) is 10.2. The van der Waals surface area contributed by atoms with Gasteiger partial charge >= 0.3 is 12.1 Å². The van der Waals surface area contributed by atoms with Crippen molar-refractivity contribution in [3.63, 3.8) is 0 Å². The van der Waals surface area contributed by atoms with Gasteiger partial charge in [0.15, 0.2) is 0 Å². The van der Waals surface area contributed by atoms with Crippen molar-refractivity contribution < 1.29 is 24.2 Å². The largest absolute Gasteiger partial charge is 0.507 e. The number of fused-ring (bicyclic) bond motifs is 3. The van der Waals surface area contributed by atoms with Crippen LogP contribution in [0.15, 0.2) is 72.8 Å². The smallest absolute Gasteiger partial charge is 0.407 e. The summed E-state index contributed by atoms with van der Waals surface area (Å²) in [5.41, 5.74) is 5.46. The fraction of sp³-hybridized carbons (Fsp3) is 0.154. The van der Waals surface area contributed by atoms with Crippen LogP contribution in [0.1, 0.15) is 33.0 Å². The van der Waals surface area contributed by atoms with Gasteiger partial charge in [-0.2, -0.15) is 0 Å². The summed E-state index contributed by atoms with van der Waals surface area (Å²) in [6.45, 7) is 0.480. The van der Waals surface area contributed by atoms with Crippen molar-refractivity contribution in [1.29, 1.82) is 0 Å². The predicted molar refractivity (Wildman–Crippen MR) is 122 cm³/mol. The second kappa shape index (κ2) is 9.39. The molecule has 32 heavy (non-hydrogen) atoms. The van der Waals surface area contributed by atoms with E-state index in [1.807, 2.05) is 24.3 Å². The molecule has 3 aromatic rings. The Labute approximate surface area is 186 Å². The number of hydrogen-bond acceptors (Lipinski definition) is 5. The van der Waals surface area contributed by atoms with Crippen LogP contribution >= 0.6 is 0 Å². The Kier molecular flexibility index (Phi) is 6.22. The van der Waals surface area contributed by atoms with Gasteiger partial charge in [-0.15, -0.1) is 0 Å². The average molecular weight is 429 g/mol. The number of esters is 1. The molecule has 0 spiro atoms. The van der Waals surface area contributed by atoms with Crippen LogP contribution in [-0.4, -0.2) is 37.4 Å². The second-order valence-electron chi connectivity index (χ2n) is 7.37. The number of ether oxygens (including phenoxy) is 2. The number of methoxy groups -OCH3 is 1. The highest BCUT2D eigenvalue weighted by Crippen LogP contribution is 2.44. The van der Waals surface area contributed by atoms with Gasteiger partial charge < -0.3 is 19.9 Å². The lowest BCUT2D eigenvalue weighted by Crippen LogP contribution is -2.26. The Morgan fingerprint density at radius 3 is 2.28 bits per heavy atom. The molecular weight excluding hydrogens is 406 g/mol. The maximum atomic E-state index is 12.2. The zero-order valence-electron chi connectivity index (χ0n) is 17.6. The lowest BCUT2D eigenvalue weighted by atomic mass is 9.98. The highest BCUT2D eigenvalue weighted by Gasteiger charge is 2.28. The minimum Gasteiger partial charge on any atom is -0.507 e. The summed E-state index contributed by atoms with van der Waals surface area (Å²) in [6.07, 6.45) is 2.83. The third-order valence-corrected chi connectivity index (χ3v) is 5.46. The molecule has 0 radical (unpaired) electrons. The molecule has 162 valence electrons. The van der Waals surface area contributed by atoms with Gasteiger partial charge in [-0.3, -0.25) is 0 Å². The number of amides is 1. The summed E-state index contributed by atoms with van der Waals surface area (Å²) in [6, 6.07) is 20.8. The lowest BCUT2D eigenvalue weighted by Gasteiger charge is -2.14. The van der Waals surface area contributed by atoms with E-state index >= 15 is 0 Å². The van der Waals surface area contributed by atoms with Crippen molar-refractivity contribution in [1.82, 2.24) is 5.32 Å². The van der Waals surface area contributed by atoms with Crippen LogP contribution in [-0.2, 0) is 9.47 Å². The summed E-state index contributed by atoms with van der Waals surface area (Å²) in [5, 5.41) is 12.7. The number of nitrogens with one attached hydrogen (secondary N) is 1. The van der Waals surface area contributed by atoms with Crippen molar-refractivity contribution in [3.05, 3.63) is 95.1 Å². The van der Waals surface area contributed by atoms with Crippen molar-refractivity contribution in [2.75, 3.05) is 20.3 Å². The molecule has 0 aliphatic heterocycles. The van der Waals surface area contributed by atoms with E-state index in [0.29, 0.717) is 5.56 Å². The van der Waals surface area contributed by atoms with E-state index in [-0.39, 0.29) is 30.4 Å². The highest BCUT2D eigenvalue weighted by molar-refractivity contribution is 5.90. The zero-order valence-corrected chi connectivity index (χ0v) is 17.6. The molecule has 0 atom stereocenters. The lowest BCUT2D eigenvalue weighted by molar-refractivity contribution is 0.0600. The van der Waals surface area contributed by atoms with Crippen LogP contribution in [0.25, 0.3) is 17.2 Å². The first-order chi connectivity index (χ1) is 15.6. The van der Waals surface area contributed by atoms with Crippen LogP contribution in [0.2, 0.25) is 0 Å². The molecular formula is C26H23NO5. The number of alkyl carbamates (subject to hydrolysis) is 1. The van der Waals surface area contributed by atoms with E-state index in [1.54, 1.807) is 24.3 Å². The zero-order chi connectivity index (χ0) is 22.5. The van der Waals surface area contributed by atoms with Gasteiger partial charge in [-0.05, 0) is 34.4 Å². The van der Waals surface area contributed by atoms with E-state index in [0.717, 1.165) is 11.1 Å². The van der Waals surface area contributed by atoms with Gasteiger partial charge in [0.25, 0.3) is 0 Å². The second-order valence-corrected chi connectivity index (χ2v) is 7.37. The van der Waals surface area contributed by atoms with Crippen LogP contribution in [0.4, 0.5) is 4.79 Å². The number of phenols is 1. The minimum atomic E-state index is -0.521. The summed E-state index contributed by atoms with van der Waals surface area (Å²) < 4.78 is 10.1. The van der Waals surface area contributed by atoms with Crippen molar-refractivity contribution in [3.8, 4) is 16.9 Å². The number of aromatic hydroxyl groups is 1. The fourth-order valence-corrected chi connectivity index (χ4v) is 3.91. The third-order valence-electron chi connectivity index (χ3n) is 5.46. The van der Waals surface area contributed by atoms with Crippen LogP contribution in [0, 0.1) is 0 Å². The molecule has 1 aliphatic rings. The molecule has 1 aliphatic carbocycles. The van der Waals surface area contributed by atoms with Crippen molar-refractivity contribution in [2.45, 2.75) is 5.92 Å². The molecule has 4 rings (SSSR count). The molecule has 2 N–H and O–H groups in total. The molecule has 0 unspecified atom stereocenters. The Morgan fingerprint density at radius 1 is 1.00 bits per heavy atom. The number of hydrogen-bond donors (Lipinski definition) is 2. The highest BCUT2D eigenvalue weighted by atomic mass is 16.5. The molecule has 3 aromatic carbocycles. The molecule has 0 saturated heterocycles. The fourth-order valence-electron chi connectivity index (χ4n) is 3.91. The predicted octanol–water partition coefficient (Wildman–Crippen LogP) is 4.73. The molecule has 0 bridgehead atoms. The van der Waals surface area contributed by atoms with Gasteiger partial charge in [-0.1, -0.05) is 66.7 Å². The summed E-state index contributed by atoms with van der Waals surface area (Å²) in [7, 11) is 1.28. The van der Waals surface area contributed by atoms with E-state index in [2.05, 4.69) is 34.3 Å². The third kappa shape index (κ3) is 4.34. The Balaban J connectivity index is 1.31. The Hall–Kier alpha value is -4.06. The van der Waals surface area contributed by atoms with Crippen LogP contribution in [0.5, 0.6) is 5.75 Å². The molecule has 0 saturated carbocycles. The van der Waals surface area contributed by atoms with Gasteiger partial charge in [0.1, 0.15) is 12.4 Å².